The molecule has 1 saturated heterocycles. The fourth-order valence-electron chi connectivity index (χ4n) is 8.81. The highest BCUT2D eigenvalue weighted by Gasteiger charge is 2.60. The summed E-state index contributed by atoms with van der Waals surface area (Å²) >= 11 is 0. The van der Waals surface area contributed by atoms with Crippen molar-refractivity contribution < 1.29 is 19.0 Å². The lowest BCUT2D eigenvalue weighted by Crippen LogP contribution is -2.52. The molecule has 5 rings (SSSR count). The van der Waals surface area contributed by atoms with Crippen molar-refractivity contribution in [2.75, 3.05) is 19.8 Å². The molecule has 4 fully saturated rings. The van der Waals surface area contributed by atoms with Crippen molar-refractivity contribution in [3.63, 3.8) is 0 Å². The van der Waals surface area contributed by atoms with Gasteiger partial charge in [-0.15, -0.1) is 0 Å². The van der Waals surface area contributed by atoms with Crippen LogP contribution in [0.4, 0.5) is 0 Å². The summed E-state index contributed by atoms with van der Waals surface area (Å²) in [5.41, 5.74) is 2.32. The molecule has 3 saturated carbocycles. The zero-order valence-electron chi connectivity index (χ0n) is 20.5. The van der Waals surface area contributed by atoms with Crippen LogP contribution in [0.1, 0.15) is 79.1 Å². The average molecular weight is 443 g/mol. The summed E-state index contributed by atoms with van der Waals surface area (Å²) in [7, 11) is 0. The summed E-state index contributed by atoms with van der Waals surface area (Å²) in [6, 6.07) is 0. The first kappa shape index (κ1) is 22.7. The normalized spacial score (nSPS) is 43.4. The molecule has 0 unspecified atom stereocenters. The minimum absolute atomic E-state index is 0.203. The maximum Gasteiger partial charge on any atom is 0.330 e. The molecule has 178 valence electrons. The van der Waals surface area contributed by atoms with E-state index in [1.165, 1.54) is 38.5 Å². The molecule has 1 aliphatic heterocycles. The van der Waals surface area contributed by atoms with E-state index in [1.54, 1.807) is 11.6 Å². The average Bonchev–Trinajstić information content (AvgIpc) is 3.37. The van der Waals surface area contributed by atoms with Crippen molar-refractivity contribution in [3.8, 4) is 0 Å². The highest BCUT2D eigenvalue weighted by molar-refractivity contribution is 5.81. The second-order valence-electron chi connectivity index (χ2n) is 11.7. The molecule has 0 bridgehead atoms. The summed E-state index contributed by atoms with van der Waals surface area (Å²) in [6.45, 7) is 11.2. The van der Waals surface area contributed by atoms with E-state index in [-0.39, 0.29) is 11.8 Å². The molecule has 1 heterocycles. The molecule has 4 heteroatoms. The van der Waals surface area contributed by atoms with Gasteiger partial charge in [0.15, 0.2) is 5.79 Å². The van der Waals surface area contributed by atoms with Gasteiger partial charge in [0.1, 0.15) is 0 Å². The Morgan fingerprint density at radius 1 is 1.16 bits per heavy atom. The van der Waals surface area contributed by atoms with Gasteiger partial charge >= 0.3 is 5.97 Å². The lowest BCUT2D eigenvalue weighted by Gasteiger charge is -2.59. The highest BCUT2D eigenvalue weighted by atomic mass is 16.7. The number of fused-ring (bicyclic) bond motifs is 5. The topological polar surface area (TPSA) is 44.8 Å². The fraction of sp³-hybridized carbons (Fsp3) is 0.821. The van der Waals surface area contributed by atoms with Crippen LogP contribution in [0.2, 0.25) is 0 Å². The Morgan fingerprint density at radius 2 is 1.94 bits per heavy atom. The third-order valence-corrected chi connectivity index (χ3v) is 10.5. The van der Waals surface area contributed by atoms with Crippen LogP contribution >= 0.6 is 0 Å². The van der Waals surface area contributed by atoms with Gasteiger partial charge in [-0.3, -0.25) is 0 Å². The van der Waals surface area contributed by atoms with Gasteiger partial charge in [0, 0.05) is 18.9 Å². The summed E-state index contributed by atoms with van der Waals surface area (Å²) in [5.74, 6) is 2.95. The maximum absolute atomic E-state index is 11.8. The standard InChI is InChI=1S/C28H42O4/c1-5-30-25(29)11-6-19(2)22-9-10-23-21-8-7-20-18-28(31-16-17-32-28)15-14-26(20,3)24(21)12-13-27(22,23)4/h6-7,11,19,21-24H,5,8-10,12-18H2,1-4H3/b11-6+/t19-,21+,22-,23+,24+,26+,27-/m1/s1. The van der Waals surface area contributed by atoms with Crippen LogP contribution in [-0.4, -0.2) is 31.6 Å². The van der Waals surface area contributed by atoms with Crippen molar-refractivity contribution in [1.29, 1.82) is 0 Å². The predicted octanol–water partition coefficient (Wildman–Crippen LogP) is 6.06. The van der Waals surface area contributed by atoms with Crippen LogP contribution in [0.5, 0.6) is 0 Å². The number of hydrogen-bond donors (Lipinski definition) is 0. The molecule has 32 heavy (non-hydrogen) atoms. The van der Waals surface area contributed by atoms with E-state index >= 15 is 0 Å². The molecule has 0 amide bonds. The van der Waals surface area contributed by atoms with Crippen LogP contribution < -0.4 is 0 Å². The van der Waals surface area contributed by atoms with Gasteiger partial charge in [0.05, 0.1) is 19.8 Å². The SMILES string of the molecule is CCOC(=O)/C=C/[C@@H](C)[C@H]1CC[C@H]2[C@@H]3CC=C4CC5(CC[C@]4(C)[C@H]3CC[C@]12C)OCCO5. The van der Waals surface area contributed by atoms with E-state index in [1.807, 2.05) is 6.92 Å². The first-order chi connectivity index (χ1) is 15.3. The number of allylic oxidation sites excluding steroid dienone is 2. The Morgan fingerprint density at radius 3 is 2.69 bits per heavy atom. The van der Waals surface area contributed by atoms with Gasteiger partial charge in [-0.2, -0.15) is 0 Å². The number of carbonyl (C=O) groups is 1. The largest absolute Gasteiger partial charge is 0.463 e. The van der Waals surface area contributed by atoms with E-state index in [2.05, 4.69) is 32.9 Å². The molecule has 0 aromatic carbocycles. The van der Waals surface area contributed by atoms with Gasteiger partial charge < -0.3 is 14.2 Å². The number of carbonyl (C=O) groups excluding carboxylic acids is 1. The molecule has 0 N–H and O–H groups in total. The Bertz CT molecular complexity index is 793. The Balaban J connectivity index is 1.33. The molecule has 7 atom stereocenters. The van der Waals surface area contributed by atoms with Crippen molar-refractivity contribution in [3.05, 3.63) is 23.8 Å². The second-order valence-corrected chi connectivity index (χ2v) is 11.7. The molecule has 4 nitrogen and oxygen atoms in total. The summed E-state index contributed by atoms with van der Waals surface area (Å²) in [4.78, 5) is 11.8. The van der Waals surface area contributed by atoms with E-state index in [0.29, 0.717) is 29.3 Å². The van der Waals surface area contributed by atoms with Crippen LogP contribution in [-0.2, 0) is 19.0 Å². The predicted molar refractivity (Wildman–Crippen MR) is 125 cm³/mol. The van der Waals surface area contributed by atoms with Gasteiger partial charge in [-0.1, -0.05) is 38.5 Å². The van der Waals surface area contributed by atoms with E-state index in [0.717, 1.165) is 43.8 Å². The van der Waals surface area contributed by atoms with Crippen LogP contribution in [0, 0.1) is 40.4 Å². The van der Waals surface area contributed by atoms with E-state index < -0.39 is 0 Å². The molecule has 5 aliphatic rings. The van der Waals surface area contributed by atoms with Gasteiger partial charge in [0.25, 0.3) is 0 Å². The first-order valence-electron chi connectivity index (χ1n) is 13.1. The van der Waals surface area contributed by atoms with Crippen molar-refractivity contribution in [1.82, 2.24) is 0 Å². The number of rotatable bonds is 4. The second kappa shape index (κ2) is 8.27. The molecular formula is C28H42O4. The zero-order valence-corrected chi connectivity index (χ0v) is 20.5. The molecule has 4 aliphatic carbocycles. The molecule has 0 aromatic heterocycles. The summed E-state index contributed by atoms with van der Waals surface area (Å²) in [5, 5.41) is 0. The zero-order chi connectivity index (χ0) is 22.6. The maximum atomic E-state index is 11.8. The minimum Gasteiger partial charge on any atom is -0.463 e. The van der Waals surface area contributed by atoms with Crippen LogP contribution in [0.15, 0.2) is 23.8 Å². The quantitative estimate of drug-likeness (QED) is 0.301. The summed E-state index contributed by atoms with van der Waals surface area (Å²) in [6.07, 6.45) is 16.1. The smallest absolute Gasteiger partial charge is 0.330 e. The van der Waals surface area contributed by atoms with Gasteiger partial charge in [0.2, 0.25) is 0 Å². The third kappa shape index (κ3) is 3.52. The molecule has 0 aromatic rings. The fourth-order valence-corrected chi connectivity index (χ4v) is 8.81. The Kier molecular flexibility index (Phi) is 5.85. The number of hydrogen-bond acceptors (Lipinski definition) is 4. The molecular weight excluding hydrogens is 400 g/mol. The molecule has 1 spiro atoms. The lowest BCUT2D eigenvalue weighted by atomic mass is 9.46. The Hall–Kier alpha value is -1.13. The minimum atomic E-state index is -0.319. The monoisotopic (exact) mass is 442 g/mol. The highest BCUT2D eigenvalue weighted by Crippen LogP contribution is 2.68. The van der Waals surface area contributed by atoms with Crippen molar-refractivity contribution in [2.24, 2.45) is 40.4 Å². The van der Waals surface area contributed by atoms with Gasteiger partial charge in [-0.05, 0) is 85.9 Å². The third-order valence-electron chi connectivity index (χ3n) is 10.5. The number of esters is 1. The summed E-state index contributed by atoms with van der Waals surface area (Å²) < 4.78 is 17.3. The van der Waals surface area contributed by atoms with Crippen LogP contribution in [0.3, 0.4) is 0 Å². The van der Waals surface area contributed by atoms with E-state index in [9.17, 15) is 4.79 Å². The molecule has 0 radical (unpaired) electrons. The Labute approximate surface area is 194 Å². The number of ether oxygens (including phenoxy) is 3. The van der Waals surface area contributed by atoms with Crippen molar-refractivity contribution >= 4 is 5.97 Å². The van der Waals surface area contributed by atoms with Crippen LogP contribution in [0.25, 0.3) is 0 Å². The van der Waals surface area contributed by atoms with E-state index in [4.69, 9.17) is 14.2 Å². The lowest BCUT2D eigenvalue weighted by molar-refractivity contribution is -0.185. The van der Waals surface area contributed by atoms with Crippen molar-refractivity contribution in [2.45, 2.75) is 84.8 Å². The van der Waals surface area contributed by atoms with Gasteiger partial charge in [-0.25, -0.2) is 4.79 Å². The first-order valence-corrected chi connectivity index (χ1v) is 13.1.